The average Bonchev–Trinajstić information content (AvgIpc) is 3.38. The van der Waals surface area contributed by atoms with Crippen LogP contribution in [0.25, 0.3) is 27.8 Å². The van der Waals surface area contributed by atoms with Gasteiger partial charge in [-0.05, 0) is 52.4 Å². The fraction of sp³-hybridized carbons (Fsp3) is 0.188. The molecule has 0 spiro atoms. The first-order valence-electron chi connectivity index (χ1n) is 12.9. The second-order valence-corrected chi connectivity index (χ2v) is 11.3. The second kappa shape index (κ2) is 11.3. The molecule has 4 aromatic carbocycles. The number of carbonyl (C=O) groups excluding carboxylic acids is 1. The molecule has 1 heterocycles. The summed E-state index contributed by atoms with van der Waals surface area (Å²) in [6.07, 6.45) is 0. The van der Waals surface area contributed by atoms with E-state index >= 15 is 0 Å². The van der Waals surface area contributed by atoms with E-state index in [0.717, 1.165) is 33.7 Å². The number of nitrogens with one attached hydrogen (secondary N) is 1. The van der Waals surface area contributed by atoms with Crippen molar-refractivity contribution in [3.8, 4) is 17.1 Å². The Balaban J connectivity index is 1.33. The van der Waals surface area contributed by atoms with Gasteiger partial charge in [0.15, 0.2) is 11.0 Å². The first-order chi connectivity index (χ1) is 18.8. The molecule has 0 atom stereocenters. The number of hydrogen-bond donors (Lipinski definition) is 1. The van der Waals surface area contributed by atoms with Gasteiger partial charge in [-0.15, -0.1) is 10.2 Å². The molecule has 0 aliphatic heterocycles. The predicted octanol–water partition coefficient (Wildman–Crippen LogP) is 7.02. The lowest BCUT2D eigenvalue weighted by Crippen LogP contribution is -2.21. The van der Waals surface area contributed by atoms with Gasteiger partial charge < -0.3 is 0 Å². The minimum Gasteiger partial charge on any atom is -0.272 e. The van der Waals surface area contributed by atoms with E-state index in [9.17, 15) is 4.79 Å². The summed E-state index contributed by atoms with van der Waals surface area (Å²) in [5.41, 5.74) is 7.61. The third-order valence-corrected chi connectivity index (χ3v) is 7.43. The molecule has 0 radical (unpaired) electrons. The molecule has 1 aromatic heterocycles. The van der Waals surface area contributed by atoms with Crippen molar-refractivity contribution in [1.29, 1.82) is 0 Å². The Bertz CT molecular complexity index is 1630. The molecule has 0 bridgehead atoms. The van der Waals surface area contributed by atoms with Crippen LogP contribution in [0.3, 0.4) is 0 Å². The highest BCUT2D eigenvalue weighted by Crippen LogP contribution is 2.30. The van der Waals surface area contributed by atoms with Gasteiger partial charge in [0.25, 0.3) is 5.91 Å². The van der Waals surface area contributed by atoms with E-state index in [-0.39, 0.29) is 17.1 Å². The van der Waals surface area contributed by atoms with Crippen LogP contribution in [0.4, 0.5) is 0 Å². The van der Waals surface area contributed by atoms with Gasteiger partial charge in [-0.3, -0.25) is 9.36 Å². The van der Waals surface area contributed by atoms with Crippen molar-refractivity contribution in [2.75, 3.05) is 5.75 Å². The Morgan fingerprint density at radius 2 is 1.56 bits per heavy atom. The van der Waals surface area contributed by atoms with Crippen LogP contribution in [-0.4, -0.2) is 32.1 Å². The minimum atomic E-state index is -0.209. The predicted molar refractivity (Wildman–Crippen MR) is 161 cm³/mol. The van der Waals surface area contributed by atoms with Crippen LogP contribution in [0.2, 0.25) is 0 Å². The number of fused-ring (bicyclic) bond motifs is 1. The summed E-state index contributed by atoms with van der Waals surface area (Å²) in [6, 6.07) is 32.7. The normalized spacial score (nSPS) is 12.1. The van der Waals surface area contributed by atoms with Crippen LogP contribution >= 0.6 is 11.8 Å². The van der Waals surface area contributed by atoms with Gasteiger partial charge >= 0.3 is 0 Å². The highest BCUT2D eigenvalue weighted by Gasteiger charge is 2.19. The standard InChI is InChI=1S/C32H31N5OS/c1-22(25-15-14-23-10-8-9-11-26(23)20-25)33-34-29(38)21-39-31-36-35-30(37(31)28-12-6-5-7-13-28)24-16-18-27(19-17-24)32(2,3)4/h5-20H,21H2,1-4H3,(H,34,38). The minimum absolute atomic E-state index is 0.0646. The van der Waals surface area contributed by atoms with Crippen LogP contribution in [0, 0.1) is 0 Å². The summed E-state index contributed by atoms with van der Waals surface area (Å²) < 4.78 is 1.99. The molecular weight excluding hydrogens is 502 g/mol. The van der Waals surface area contributed by atoms with Crippen LogP contribution in [-0.2, 0) is 10.2 Å². The molecule has 0 aliphatic carbocycles. The molecule has 0 fully saturated rings. The quantitative estimate of drug-likeness (QED) is 0.139. The van der Waals surface area contributed by atoms with E-state index in [1.54, 1.807) is 0 Å². The first kappa shape index (κ1) is 26.4. The van der Waals surface area contributed by atoms with Crippen molar-refractivity contribution in [1.82, 2.24) is 20.2 Å². The molecule has 1 N–H and O–H groups in total. The van der Waals surface area contributed by atoms with Crippen molar-refractivity contribution in [3.63, 3.8) is 0 Å². The van der Waals surface area contributed by atoms with Crippen molar-refractivity contribution in [2.45, 2.75) is 38.3 Å². The van der Waals surface area contributed by atoms with Gasteiger partial charge in [-0.25, -0.2) is 5.43 Å². The maximum atomic E-state index is 12.7. The zero-order valence-electron chi connectivity index (χ0n) is 22.6. The Morgan fingerprint density at radius 3 is 2.28 bits per heavy atom. The van der Waals surface area contributed by atoms with Crippen molar-refractivity contribution < 1.29 is 4.79 Å². The number of benzene rings is 4. The van der Waals surface area contributed by atoms with E-state index in [2.05, 4.69) is 90.0 Å². The summed E-state index contributed by atoms with van der Waals surface area (Å²) in [6.45, 7) is 8.48. The summed E-state index contributed by atoms with van der Waals surface area (Å²) in [5, 5.41) is 16.2. The summed E-state index contributed by atoms with van der Waals surface area (Å²) in [5.74, 6) is 0.677. The number of carbonyl (C=O) groups is 1. The molecule has 0 saturated carbocycles. The Hall–Kier alpha value is -4.23. The van der Waals surface area contributed by atoms with E-state index in [0.29, 0.717) is 5.16 Å². The van der Waals surface area contributed by atoms with Gasteiger partial charge in [0.05, 0.1) is 11.5 Å². The molecule has 39 heavy (non-hydrogen) atoms. The molecule has 5 rings (SSSR count). The molecule has 6 nitrogen and oxygen atoms in total. The van der Waals surface area contributed by atoms with Gasteiger partial charge in [0, 0.05) is 11.3 Å². The molecule has 0 unspecified atom stereocenters. The van der Waals surface area contributed by atoms with Gasteiger partial charge in [-0.2, -0.15) is 5.10 Å². The van der Waals surface area contributed by atoms with E-state index in [1.807, 2.05) is 60.0 Å². The van der Waals surface area contributed by atoms with Gasteiger partial charge in [-0.1, -0.05) is 111 Å². The van der Waals surface area contributed by atoms with Crippen LogP contribution in [0.5, 0.6) is 0 Å². The Labute approximate surface area is 233 Å². The fourth-order valence-electron chi connectivity index (χ4n) is 4.27. The maximum Gasteiger partial charge on any atom is 0.250 e. The van der Waals surface area contributed by atoms with E-state index < -0.39 is 0 Å². The lowest BCUT2D eigenvalue weighted by atomic mass is 9.87. The van der Waals surface area contributed by atoms with Crippen LogP contribution < -0.4 is 5.43 Å². The van der Waals surface area contributed by atoms with Crippen molar-refractivity contribution in [3.05, 3.63) is 108 Å². The monoisotopic (exact) mass is 533 g/mol. The smallest absolute Gasteiger partial charge is 0.250 e. The molecule has 196 valence electrons. The topological polar surface area (TPSA) is 72.2 Å². The number of hydrogen-bond acceptors (Lipinski definition) is 5. The zero-order chi connectivity index (χ0) is 27.4. The van der Waals surface area contributed by atoms with Gasteiger partial charge in [0.1, 0.15) is 0 Å². The molecule has 7 heteroatoms. The maximum absolute atomic E-state index is 12.7. The number of nitrogens with zero attached hydrogens (tertiary/aromatic N) is 4. The Morgan fingerprint density at radius 1 is 0.872 bits per heavy atom. The number of aromatic nitrogens is 3. The molecule has 1 amide bonds. The number of para-hydroxylation sites is 1. The molecule has 0 aliphatic rings. The molecule has 0 saturated heterocycles. The number of rotatable bonds is 7. The molecule has 5 aromatic rings. The highest BCUT2D eigenvalue weighted by atomic mass is 32.2. The lowest BCUT2D eigenvalue weighted by molar-refractivity contribution is -0.118. The lowest BCUT2D eigenvalue weighted by Gasteiger charge is -2.19. The van der Waals surface area contributed by atoms with Crippen LogP contribution in [0.15, 0.2) is 107 Å². The third kappa shape index (κ3) is 6.10. The van der Waals surface area contributed by atoms with Crippen molar-refractivity contribution >= 4 is 34.2 Å². The highest BCUT2D eigenvalue weighted by molar-refractivity contribution is 7.99. The van der Waals surface area contributed by atoms with E-state index in [1.165, 1.54) is 22.7 Å². The van der Waals surface area contributed by atoms with Crippen molar-refractivity contribution in [2.24, 2.45) is 5.10 Å². The largest absolute Gasteiger partial charge is 0.272 e. The first-order valence-corrected chi connectivity index (χ1v) is 13.8. The summed E-state index contributed by atoms with van der Waals surface area (Å²) in [7, 11) is 0. The summed E-state index contributed by atoms with van der Waals surface area (Å²) >= 11 is 1.33. The van der Waals surface area contributed by atoms with Crippen LogP contribution in [0.1, 0.15) is 38.8 Å². The molecular formula is C32H31N5OS. The average molecular weight is 534 g/mol. The SMILES string of the molecule is CC(=NNC(=O)CSc1nnc(-c2ccc(C(C)(C)C)cc2)n1-c1ccccc1)c1ccc2ccccc2c1. The second-order valence-electron chi connectivity index (χ2n) is 10.4. The van der Waals surface area contributed by atoms with Gasteiger partial charge in [0.2, 0.25) is 0 Å². The Kier molecular flexibility index (Phi) is 7.61. The summed E-state index contributed by atoms with van der Waals surface area (Å²) in [4.78, 5) is 12.7. The number of hydrazone groups is 1. The number of amides is 1. The number of thioether (sulfide) groups is 1. The fourth-order valence-corrected chi connectivity index (χ4v) is 5.01. The zero-order valence-corrected chi connectivity index (χ0v) is 23.4. The third-order valence-electron chi connectivity index (χ3n) is 6.50. The van der Waals surface area contributed by atoms with E-state index in [4.69, 9.17) is 0 Å².